The predicted molar refractivity (Wildman–Crippen MR) is 37.5 cm³/mol. The minimum atomic E-state index is 1.10. The Kier molecular flexibility index (Phi) is 0.979. The van der Waals surface area contributed by atoms with E-state index >= 15 is 0 Å². The lowest BCUT2D eigenvalue weighted by Crippen LogP contribution is -2.01. The van der Waals surface area contributed by atoms with Crippen LogP contribution in [0.1, 0.15) is 12.8 Å². The van der Waals surface area contributed by atoms with E-state index in [9.17, 15) is 0 Å². The van der Waals surface area contributed by atoms with Crippen LogP contribution in [-0.4, -0.2) is 11.9 Å². The summed E-state index contributed by atoms with van der Waals surface area (Å²) >= 11 is 0. The molecule has 0 spiro atoms. The van der Waals surface area contributed by atoms with Crippen LogP contribution in [0.3, 0.4) is 0 Å². The summed E-state index contributed by atoms with van der Waals surface area (Å²) in [4.78, 5) is 8.03. The summed E-state index contributed by atoms with van der Waals surface area (Å²) in [6, 6.07) is 0. The summed E-state index contributed by atoms with van der Waals surface area (Å²) in [6.07, 6.45) is 6.27. The monoisotopic (exact) mass is 119 g/mol. The lowest BCUT2D eigenvalue weighted by atomic mass is 10.2. The van der Waals surface area contributed by atoms with E-state index in [0.29, 0.717) is 0 Å². The van der Waals surface area contributed by atoms with Gasteiger partial charge in [0.2, 0.25) is 0 Å². The van der Waals surface area contributed by atoms with Crippen LogP contribution >= 0.6 is 0 Å². The van der Waals surface area contributed by atoms with Gasteiger partial charge in [0.1, 0.15) is 0 Å². The number of rotatable bonds is 0. The molecule has 0 saturated carbocycles. The average molecular weight is 119 g/mol. The first-order valence-electron chi connectivity index (χ1n) is 3.09. The molecule has 0 amide bonds. The van der Waals surface area contributed by atoms with E-state index in [1.165, 1.54) is 11.3 Å². The van der Waals surface area contributed by atoms with Gasteiger partial charge in [0.25, 0.3) is 0 Å². The third-order valence-electron chi connectivity index (χ3n) is 1.57. The molecule has 0 atom stereocenters. The van der Waals surface area contributed by atoms with Gasteiger partial charge in [-0.1, -0.05) is 6.08 Å². The highest BCUT2D eigenvalue weighted by molar-refractivity contribution is 6.18. The number of fused-ring (bicyclic) bond motifs is 1. The van der Waals surface area contributed by atoms with Crippen LogP contribution in [0, 0.1) is 6.67 Å². The van der Waals surface area contributed by atoms with Crippen molar-refractivity contribution in [3.8, 4) is 0 Å². The van der Waals surface area contributed by atoms with Gasteiger partial charge in [-0.05, 0) is 12.8 Å². The molecule has 0 fully saturated rings. The van der Waals surface area contributed by atoms with Crippen LogP contribution in [0.25, 0.3) is 0 Å². The first-order valence-corrected chi connectivity index (χ1v) is 3.09. The van der Waals surface area contributed by atoms with E-state index in [0.717, 1.165) is 12.8 Å². The Morgan fingerprint density at radius 1 is 1.44 bits per heavy atom. The van der Waals surface area contributed by atoms with E-state index in [1.807, 2.05) is 6.21 Å². The number of hydrogen-bond donors (Lipinski definition) is 0. The molecule has 1 heterocycles. The Labute approximate surface area is 54.0 Å². The Morgan fingerprint density at radius 2 is 2.44 bits per heavy atom. The molecule has 0 aromatic carbocycles. The van der Waals surface area contributed by atoms with Crippen LogP contribution in [0.5, 0.6) is 0 Å². The van der Waals surface area contributed by atoms with E-state index in [1.54, 1.807) is 6.67 Å². The molecule has 0 aromatic rings. The van der Waals surface area contributed by atoms with E-state index in [4.69, 9.17) is 0 Å². The fraction of sp³-hybridized carbons (Fsp3) is 0.286. The lowest BCUT2D eigenvalue weighted by Gasteiger charge is -2.00. The maximum absolute atomic E-state index is 4.12. The number of aliphatic imine (C=N–C) groups is 2. The van der Waals surface area contributed by atoms with Crippen molar-refractivity contribution >= 4 is 11.9 Å². The highest BCUT2D eigenvalue weighted by Gasteiger charge is 2.12. The molecule has 2 rings (SSSR count). The minimum Gasteiger partial charge on any atom is -0.261 e. The predicted octanol–water partition coefficient (Wildman–Crippen LogP) is 1.35. The zero-order valence-electron chi connectivity index (χ0n) is 5.04. The van der Waals surface area contributed by atoms with Gasteiger partial charge in [0, 0.05) is 17.5 Å². The summed E-state index contributed by atoms with van der Waals surface area (Å²) in [7, 11) is 0. The summed E-state index contributed by atoms with van der Waals surface area (Å²) in [5, 5.41) is 0. The maximum atomic E-state index is 4.12. The average Bonchev–Trinajstić information content (AvgIpc) is 2.33. The third kappa shape index (κ3) is 0.707. The molecule has 0 unspecified atom stereocenters. The Balaban J connectivity index is 2.37. The van der Waals surface area contributed by atoms with Gasteiger partial charge in [-0.2, -0.15) is 0 Å². The molecule has 1 aliphatic heterocycles. The smallest absolute Gasteiger partial charge is 0.181 e. The van der Waals surface area contributed by atoms with Gasteiger partial charge in [0.15, 0.2) is 6.67 Å². The van der Waals surface area contributed by atoms with Crippen LogP contribution in [0.15, 0.2) is 21.6 Å². The fourth-order valence-corrected chi connectivity index (χ4v) is 1.11. The van der Waals surface area contributed by atoms with Crippen LogP contribution < -0.4 is 0 Å². The zero-order valence-corrected chi connectivity index (χ0v) is 5.04. The van der Waals surface area contributed by atoms with E-state index in [-0.39, 0.29) is 0 Å². The van der Waals surface area contributed by atoms with Crippen molar-refractivity contribution in [2.24, 2.45) is 9.98 Å². The summed E-state index contributed by atoms with van der Waals surface area (Å²) in [5.41, 5.74) is 2.42. The van der Waals surface area contributed by atoms with Crippen LogP contribution in [0.4, 0.5) is 0 Å². The molecule has 1 radical (unpaired) electrons. The first kappa shape index (κ1) is 4.91. The molecule has 9 heavy (non-hydrogen) atoms. The molecule has 2 nitrogen and oxygen atoms in total. The Bertz CT molecular complexity index is 211. The SMILES string of the molecule is [CH]1N=CC2=CCCC2=N1. The van der Waals surface area contributed by atoms with E-state index in [2.05, 4.69) is 16.1 Å². The molecule has 0 N–H and O–H groups in total. The van der Waals surface area contributed by atoms with Crippen molar-refractivity contribution in [2.75, 3.05) is 0 Å². The van der Waals surface area contributed by atoms with Gasteiger partial charge in [-0.15, -0.1) is 0 Å². The summed E-state index contributed by atoms with van der Waals surface area (Å²) < 4.78 is 0. The van der Waals surface area contributed by atoms with Crippen molar-refractivity contribution in [1.29, 1.82) is 0 Å². The molecule has 1 aliphatic carbocycles. The molecule has 0 aromatic heterocycles. The highest BCUT2D eigenvalue weighted by atomic mass is 14.9. The second-order valence-corrected chi connectivity index (χ2v) is 2.17. The topological polar surface area (TPSA) is 24.7 Å². The molecule has 0 saturated heterocycles. The van der Waals surface area contributed by atoms with E-state index < -0.39 is 0 Å². The molecule has 0 bridgehead atoms. The van der Waals surface area contributed by atoms with Gasteiger partial charge < -0.3 is 0 Å². The molecule has 45 valence electrons. The first-order chi connectivity index (χ1) is 4.47. The minimum absolute atomic E-state index is 1.10. The second kappa shape index (κ2) is 1.79. The molecular weight excluding hydrogens is 112 g/mol. The maximum Gasteiger partial charge on any atom is 0.181 e. The van der Waals surface area contributed by atoms with Gasteiger partial charge in [0.05, 0.1) is 0 Å². The zero-order chi connectivity index (χ0) is 6.10. The summed E-state index contributed by atoms with van der Waals surface area (Å²) in [6.45, 7) is 1.61. The lowest BCUT2D eigenvalue weighted by molar-refractivity contribution is 1.12. The van der Waals surface area contributed by atoms with Crippen molar-refractivity contribution in [1.82, 2.24) is 0 Å². The third-order valence-corrected chi connectivity index (χ3v) is 1.57. The van der Waals surface area contributed by atoms with Crippen LogP contribution in [-0.2, 0) is 0 Å². The van der Waals surface area contributed by atoms with Gasteiger partial charge in [-0.25, -0.2) is 0 Å². The molecule has 2 aliphatic rings. The Hall–Kier alpha value is -0.920. The normalized spacial score (nSPS) is 23.1. The largest absolute Gasteiger partial charge is 0.261 e. The van der Waals surface area contributed by atoms with Crippen molar-refractivity contribution < 1.29 is 0 Å². The van der Waals surface area contributed by atoms with Crippen LogP contribution in [0.2, 0.25) is 0 Å². The quantitative estimate of drug-likeness (QED) is 0.460. The number of hydrogen-bond acceptors (Lipinski definition) is 2. The van der Waals surface area contributed by atoms with Crippen molar-refractivity contribution in [3.63, 3.8) is 0 Å². The molecular formula is C7H7N2. The standard InChI is InChI=1S/C7H7N2/c1-2-6-4-8-5-9-7(6)3-1/h2,4-5H,1,3H2. The van der Waals surface area contributed by atoms with Gasteiger partial charge in [-0.3, -0.25) is 9.98 Å². The fourth-order valence-electron chi connectivity index (χ4n) is 1.11. The highest BCUT2D eigenvalue weighted by Crippen LogP contribution is 2.16. The second-order valence-electron chi connectivity index (χ2n) is 2.17. The number of allylic oxidation sites excluding steroid dienone is 2. The molecule has 2 heteroatoms. The Morgan fingerprint density at radius 3 is 3.33 bits per heavy atom. The summed E-state index contributed by atoms with van der Waals surface area (Å²) in [5.74, 6) is 0. The van der Waals surface area contributed by atoms with Crippen molar-refractivity contribution in [3.05, 3.63) is 18.3 Å². The number of nitrogens with zero attached hydrogens (tertiary/aromatic N) is 2. The van der Waals surface area contributed by atoms with Crippen molar-refractivity contribution in [2.45, 2.75) is 12.8 Å². The van der Waals surface area contributed by atoms with Gasteiger partial charge >= 0.3 is 0 Å².